The molecule has 1 aliphatic heterocycles. The molecule has 2 aromatic rings. The summed E-state index contributed by atoms with van der Waals surface area (Å²) in [6.45, 7) is 3.52. The number of sulfonamides is 1. The predicted octanol–water partition coefficient (Wildman–Crippen LogP) is 2.15. The second-order valence-corrected chi connectivity index (χ2v) is 10.0. The van der Waals surface area contributed by atoms with Crippen molar-refractivity contribution in [1.82, 2.24) is 14.3 Å². The molecule has 1 fully saturated rings. The number of anilines is 4. The Balaban J connectivity index is 1.70. The fourth-order valence-electron chi connectivity index (χ4n) is 3.55. The summed E-state index contributed by atoms with van der Waals surface area (Å²) in [5, 5.41) is 4.95. The van der Waals surface area contributed by atoms with E-state index in [9.17, 15) is 26.4 Å². The standard InChI is InChI=1S/C20H26F3N7O3S/c1-3-34(32,33)29-8-9-30(13(2)11-29)15-6-4-14(5-7-15)27-19-25-10-16(17(24)31)18(28-19)26-12-20(21,22)23/h4-7,10,13H,3,8-9,11-12H2,1-2H3,(H2,24,31)(H2,25,26,27,28). The van der Waals surface area contributed by atoms with Gasteiger partial charge < -0.3 is 21.3 Å². The number of benzene rings is 1. The van der Waals surface area contributed by atoms with Gasteiger partial charge in [-0.2, -0.15) is 22.5 Å². The highest BCUT2D eigenvalue weighted by Gasteiger charge is 2.30. The summed E-state index contributed by atoms with van der Waals surface area (Å²) in [6.07, 6.45) is -3.46. The number of halogens is 3. The molecule has 186 valence electrons. The van der Waals surface area contributed by atoms with Gasteiger partial charge in [0.25, 0.3) is 5.91 Å². The monoisotopic (exact) mass is 501 g/mol. The molecule has 1 aromatic heterocycles. The third-order valence-electron chi connectivity index (χ3n) is 5.31. The van der Waals surface area contributed by atoms with Crippen LogP contribution in [-0.2, 0) is 10.0 Å². The van der Waals surface area contributed by atoms with Crippen molar-refractivity contribution in [3.05, 3.63) is 36.0 Å². The maximum Gasteiger partial charge on any atom is 0.405 e. The van der Waals surface area contributed by atoms with Crippen LogP contribution in [0.5, 0.6) is 0 Å². The highest BCUT2D eigenvalue weighted by Crippen LogP contribution is 2.25. The fourth-order valence-corrected chi connectivity index (χ4v) is 4.72. The minimum atomic E-state index is -4.51. The molecule has 0 bridgehead atoms. The van der Waals surface area contributed by atoms with Crippen molar-refractivity contribution < 1.29 is 26.4 Å². The Morgan fingerprint density at radius 1 is 1.24 bits per heavy atom. The lowest BCUT2D eigenvalue weighted by Crippen LogP contribution is -2.54. The van der Waals surface area contributed by atoms with E-state index in [0.717, 1.165) is 11.9 Å². The molecular weight excluding hydrogens is 475 g/mol. The van der Waals surface area contributed by atoms with Crippen molar-refractivity contribution in [2.75, 3.05) is 47.5 Å². The summed E-state index contributed by atoms with van der Waals surface area (Å²) >= 11 is 0. The Hall–Kier alpha value is -3.13. The Kier molecular flexibility index (Phi) is 7.51. The number of carbonyl (C=O) groups excluding carboxylic acids is 1. The lowest BCUT2D eigenvalue weighted by molar-refractivity contribution is -0.115. The van der Waals surface area contributed by atoms with Gasteiger partial charge in [-0.1, -0.05) is 0 Å². The third-order valence-corrected chi connectivity index (χ3v) is 7.16. The molecule has 0 radical (unpaired) electrons. The SMILES string of the molecule is CCS(=O)(=O)N1CCN(c2ccc(Nc3ncc(C(N)=O)c(NCC(F)(F)F)n3)cc2)C(C)C1. The van der Waals surface area contributed by atoms with Gasteiger partial charge in [-0.25, -0.2) is 13.4 Å². The number of amides is 1. The number of nitrogens with one attached hydrogen (secondary N) is 2. The van der Waals surface area contributed by atoms with Crippen molar-refractivity contribution in [3.8, 4) is 0 Å². The van der Waals surface area contributed by atoms with Crippen LogP contribution in [0.25, 0.3) is 0 Å². The number of nitrogens with two attached hydrogens (primary N) is 1. The summed E-state index contributed by atoms with van der Waals surface area (Å²) in [4.78, 5) is 21.5. The van der Waals surface area contributed by atoms with Gasteiger partial charge in [-0.3, -0.25) is 4.79 Å². The van der Waals surface area contributed by atoms with Gasteiger partial charge in [0.15, 0.2) is 0 Å². The number of nitrogens with zero attached hydrogens (tertiary/aromatic N) is 4. The average molecular weight is 502 g/mol. The average Bonchev–Trinajstić information content (AvgIpc) is 2.77. The molecular formula is C20H26F3N7O3S. The summed E-state index contributed by atoms with van der Waals surface area (Å²) < 4.78 is 63.5. The molecule has 0 saturated carbocycles. The van der Waals surface area contributed by atoms with Gasteiger partial charge in [0.1, 0.15) is 12.4 Å². The van der Waals surface area contributed by atoms with Crippen molar-refractivity contribution in [3.63, 3.8) is 0 Å². The van der Waals surface area contributed by atoms with Gasteiger partial charge >= 0.3 is 6.18 Å². The summed E-state index contributed by atoms with van der Waals surface area (Å²) in [6, 6.07) is 7.13. The van der Waals surface area contributed by atoms with Gasteiger partial charge in [-0.15, -0.1) is 0 Å². The second-order valence-electron chi connectivity index (χ2n) is 7.76. The van der Waals surface area contributed by atoms with E-state index in [1.807, 2.05) is 19.1 Å². The predicted molar refractivity (Wildman–Crippen MR) is 123 cm³/mol. The van der Waals surface area contributed by atoms with Crippen LogP contribution in [0.4, 0.5) is 36.3 Å². The minimum absolute atomic E-state index is 0.0193. The number of piperazine rings is 1. The summed E-state index contributed by atoms with van der Waals surface area (Å²) in [5.74, 6) is -1.24. The van der Waals surface area contributed by atoms with Crippen LogP contribution in [0.3, 0.4) is 0 Å². The van der Waals surface area contributed by atoms with Gasteiger partial charge in [0, 0.05) is 43.2 Å². The van der Waals surface area contributed by atoms with Crippen LogP contribution < -0.4 is 21.3 Å². The molecule has 34 heavy (non-hydrogen) atoms. The number of primary amides is 1. The number of hydrogen-bond acceptors (Lipinski definition) is 8. The van der Waals surface area contributed by atoms with Crippen LogP contribution in [0, 0.1) is 0 Å². The molecule has 2 heterocycles. The van der Waals surface area contributed by atoms with Crippen molar-refractivity contribution in [2.24, 2.45) is 5.73 Å². The zero-order valence-electron chi connectivity index (χ0n) is 18.6. The first-order chi connectivity index (χ1) is 15.9. The van der Waals surface area contributed by atoms with Crippen LogP contribution in [0.2, 0.25) is 0 Å². The van der Waals surface area contributed by atoms with E-state index in [4.69, 9.17) is 5.73 Å². The first-order valence-corrected chi connectivity index (χ1v) is 12.1. The first kappa shape index (κ1) is 25.5. The van der Waals surface area contributed by atoms with Crippen LogP contribution in [0.1, 0.15) is 24.2 Å². The second kappa shape index (κ2) is 10.0. The van der Waals surface area contributed by atoms with E-state index in [0.29, 0.717) is 25.3 Å². The highest BCUT2D eigenvalue weighted by atomic mass is 32.2. The Morgan fingerprint density at radius 2 is 1.91 bits per heavy atom. The highest BCUT2D eigenvalue weighted by molar-refractivity contribution is 7.89. The third kappa shape index (κ3) is 6.26. The largest absolute Gasteiger partial charge is 0.405 e. The minimum Gasteiger partial charge on any atom is -0.366 e. The first-order valence-electron chi connectivity index (χ1n) is 10.5. The quantitative estimate of drug-likeness (QED) is 0.501. The number of carbonyl (C=O) groups is 1. The van der Waals surface area contributed by atoms with E-state index in [2.05, 4.69) is 25.5 Å². The zero-order chi connectivity index (χ0) is 25.1. The molecule has 1 amide bonds. The molecule has 10 nitrogen and oxygen atoms in total. The zero-order valence-corrected chi connectivity index (χ0v) is 19.4. The van der Waals surface area contributed by atoms with Gasteiger partial charge in [0.2, 0.25) is 16.0 Å². The molecule has 1 atom stereocenters. The maximum absolute atomic E-state index is 12.6. The summed E-state index contributed by atoms with van der Waals surface area (Å²) in [7, 11) is -3.24. The molecule has 1 saturated heterocycles. The molecule has 0 spiro atoms. The number of aromatic nitrogens is 2. The van der Waals surface area contributed by atoms with E-state index < -0.39 is 28.7 Å². The Morgan fingerprint density at radius 3 is 2.47 bits per heavy atom. The normalized spacial score (nSPS) is 17.4. The molecule has 14 heteroatoms. The molecule has 1 aromatic carbocycles. The van der Waals surface area contributed by atoms with Crippen LogP contribution >= 0.6 is 0 Å². The lowest BCUT2D eigenvalue weighted by Gasteiger charge is -2.40. The number of rotatable bonds is 8. The number of alkyl halides is 3. The van der Waals surface area contributed by atoms with Crippen molar-refractivity contribution >= 4 is 39.1 Å². The Bertz CT molecular complexity index is 1130. The van der Waals surface area contributed by atoms with E-state index in [1.165, 1.54) is 4.31 Å². The molecule has 0 aliphatic carbocycles. The topological polar surface area (TPSA) is 134 Å². The lowest BCUT2D eigenvalue weighted by atomic mass is 10.1. The van der Waals surface area contributed by atoms with Gasteiger partial charge in [-0.05, 0) is 38.1 Å². The van der Waals surface area contributed by atoms with E-state index in [1.54, 1.807) is 19.1 Å². The maximum atomic E-state index is 12.6. The smallest absolute Gasteiger partial charge is 0.366 e. The molecule has 3 rings (SSSR count). The molecule has 4 N–H and O–H groups in total. The van der Waals surface area contributed by atoms with Crippen molar-refractivity contribution in [1.29, 1.82) is 0 Å². The van der Waals surface area contributed by atoms with Crippen LogP contribution in [0.15, 0.2) is 30.5 Å². The van der Waals surface area contributed by atoms with E-state index in [-0.39, 0.29) is 29.1 Å². The molecule has 1 unspecified atom stereocenters. The fraction of sp³-hybridized carbons (Fsp3) is 0.450. The molecule has 1 aliphatic rings. The van der Waals surface area contributed by atoms with E-state index >= 15 is 0 Å². The summed E-state index contributed by atoms with van der Waals surface area (Å²) in [5.41, 5.74) is 6.39. The number of hydrogen-bond donors (Lipinski definition) is 3. The Labute approximate surface area is 195 Å². The van der Waals surface area contributed by atoms with Gasteiger partial charge in [0.05, 0.1) is 11.3 Å². The van der Waals surface area contributed by atoms with Crippen LogP contribution in [-0.4, -0.2) is 72.7 Å². The van der Waals surface area contributed by atoms with Crippen molar-refractivity contribution in [2.45, 2.75) is 26.1 Å².